The summed E-state index contributed by atoms with van der Waals surface area (Å²) in [6.45, 7) is 0.806. The molecule has 0 unspecified atom stereocenters. The monoisotopic (exact) mass is 333 g/mol. The van der Waals surface area contributed by atoms with E-state index >= 15 is 0 Å². The number of aromatic nitrogens is 2. The third-order valence-corrected chi connectivity index (χ3v) is 3.78. The first-order valence-electron chi connectivity index (χ1n) is 7.60. The Labute approximate surface area is 133 Å². The van der Waals surface area contributed by atoms with Crippen molar-refractivity contribution in [3.63, 3.8) is 0 Å². The Morgan fingerprint density at radius 1 is 1.43 bits per heavy atom. The van der Waals surface area contributed by atoms with Gasteiger partial charge in [0, 0.05) is 32.9 Å². The SMILES string of the molecule is Cn1cc(CCNC(=O)NC[C@@H]2CCN(CC(F)(F)F)C2)cn1. The van der Waals surface area contributed by atoms with E-state index in [4.69, 9.17) is 0 Å². The topological polar surface area (TPSA) is 62.2 Å². The van der Waals surface area contributed by atoms with E-state index in [0.29, 0.717) is 39.0 Å². The Kier molecular flexibility index (Phi) is 5.86. The molecule has 2 rings (SSSR count). The van der Waals surface area contributed by atoms with Crippen LogP contribution in [0.1, 0.15) is 12.0 Å². The van der Waals surface area contributed by atoms with Gasteiger partial charge in [0.05, 0.1) is 12.7 Å². The van der Waals surface area contributed by atoms with Crippen LogP contribution in [0.25, 0.3) is 0 Å². The highest BCUT2D eigenvalue weighted by Crippen LogP contribution is 2.22. The average molecular weight is 333 g/mol. The molecule has 0 radical (unpaired) electrons. The summed E-state index contributed by atoms with van der Waals surface area (Å²) >= 11 is 0. The number of rotatable bonds is 6. The molecule has 1 aromatic rings. The number of carbonyl (C=O) groups excluding carboxylic acids is 1. The lowest BCUT2D eigenvalue weighted by Gasteiger charge is -2.18. The molecule has 0 saturated carbocycles. The summed E-state index contributed by atoms with van der Waals surface area (Å²) in [6, 6.07) is -0.289. The summed E-state index contributed by atoms with van der Waals surface area (Å²) in [5, 5.41) is 9.49. The van der Waals surface area contributed by atoms with Gasteiger partial charge in [-0.1, -0.05) is 0 Å². The van der Waals surface area contributed by atoms with Gasteiger partial charge in [0.1, 0.15) is 0 Å². The van der Waals surface area contributed by atoms with Crippen molar-refractivity contribution in [1.29, 1.82) is 0 Å². The molecule has 2 amide bonds. The van der Waals surface area contributed by atoms with E-state index < -0.39 is 12.7 Å². The van der Waals surface area contributed by atoms with Gasteiger partial charge in [0.25, 0.3) is 0 Å². The van der Waals surface area contributed by atoms with E-state index in [1.807, 2.05) is 13.2 Å². The zero-order valence-electron chi connectivity index (χ0n) is 13.1. The Hall–Kier alpha value is -1.77. The fourth-order valence-electron chi connectivity index (χ4n) is 2.70. The third kappa shape index (κ3) is 6.47. The smallest absolute Gasteiger partial charge is 0.338 e. The third-order valence-electron chi connectivity index (χ3n) is 3.78. The van der Waals surface area contributed by atoms with E-state index in [1.165, 1.54) is 4.90 Å². The maximum atomic E-state index is 12.3. The van der Waals surface area contributed by atoms with Crippen LogP contribution < -0.4 is 10.6 Å². The quantitative estimate of drug-likeness (QED) is 0.821. The number of likely N-dealkylation sites (tertiary alicyclic amines) is 1. The molecule has 9 heteroatoms. The van der Waals surface area contributed by atoms with Crippen molar-refractivity contribution in [2.24, 2.45) is 13.0 Å². The Bertz CT molecular complexity index is 517. The summed E-state index contributed by atoms with van der Waals surface area (Å²) in [4.78, 5) is 13.1. The van der Waals surface area contributed by atoms with E-state index in [9.17, 15) is 18.0 Å². The molecular formula is C14H22F3N5O. The second-order valence-corrected chi connectivity index (χ2v) is 5.91. The van der Waals surface area contributed by atoms with E-state index in [1.54, 1.807) is 10.9 Å². The van der Waals surface area contributed by atoms with Crippen molar-refractivity contribution in [2.45, 2.75) is 19.0 Å². The van der Waals surface area contributed by atoms with Gasteiger partial charge < -0.3 is 10.6 Å². The summed E-state index contributed by atoms with van der Waals surface area (Å²) < 4.78 is 38.6. The molecule has 0 aliphatic carbocycles. The molecule has 2 heterocycles. The van der Waals surface area contributed by atoms with E-state index in [2.05, 4.69) is 15.7 Å². The van der Waals surface area contributed by atoms with Crippen molar-refractivity contribution < 1.29 is 18.0 Å². The molecule has 1 aliphatic rings. The Morgan fingerprint density at radius 3 is 2.87 bits per heavy atom. The summed E-state index contributed by atoms with van der Waals surface area (Å²) in [5.41, 5.74) is 1.03. The van der Waals surface area contributed by atoms with Crippen LogP contribution in [0, 0.1) is 5.92 Å². The van der Waals surface area contributed by atoms with Crippen molar-refractivity contribution >= 4 is 6.03 Å². The first-order valence-corrected chi connectivity index (χ1v) is 7.60. The summed E-state index contributed by atoms with van der Waals surface area (Å²) in [6.07, 6.45) is 0.822. The van der Waals surface area contributed by atoms with Crippen molar-refractivity contribution in [2.75, 3.05) is 32.7 Å². The molecule has 6 nitrogen and oxygen atoms in total. The van der Waals surface area contributed by atoms with Crippen LogP contribution in [0.5, 0.6) is 0 Å². The Balaban J connectivity index is 1.58. The maximum absolute atomic E-state index is 12.3. The van der Waals surface area contributed by atoms with Crippen molar-refractivity contribution in [3.05, 3.63) is 18.0 Å². The number of hydrogen-bond donors (Lipinski definition) is 2. The molecule has 1 fully saturated rings. The summed E-state index contributed by atoms with van der Waals surface area (Å²) in [5.74, 6) is 0.0708. The first kappa shape index (κ1) is 17.6. The van der Waals surface area contributed by atoms with Gasteiger partial charge in [-0.15, -0.1) is 0 Å². The number of alkyl halides is 3. The highest BCUT2D eigenvalue weighted by molar-refractivity contribution is 5.73. The van der Waals surface area contributed by atoms with Gasteiger partial charge in [0.15, 0.2) is 0 Å². The molecule has 1 saturated heterocycles. The number of aryl methyl sites for hydroxylation is 1. The lowest BCUT2D eigenvalue weighted by atomic mass is 10.1. The lowest BCUT2D eigenvalue weighted by molar-refractivity contribution is -0.143. The standard InChI is InChI=1S/C14H22F3N5O/c1-21-8-11(7-20-21)2-4-18-13(23)19-6-12-3-5-22(9-12)10-14(15,16)17/h7-8,12H,2-6,9-10H2,1H3,(H2,18,19,23)/t12-/m0/s1. The largest absolute Gasteiger partial charge is 0.401 e. The van der Waals surface area contributed by atoms with Crippen LogP contribution in [0.4, 0.5) is 18.0 Å². The number of amides is 2. The van der Waals surface area contributed by atoms with Crippen LogP contribution >= 0.6 is 0 Å². The van der Waals surface area contributed by atoms with Crippen LogP contribution in [0.3, 0.4) is 0 Å². The van der Waals surface area contributed by atoms with Crippen LogP contribution in [0.15, 0.2) is 12.4 Å². The van der Waals surface area contributed by atoms with Crippen LogP contribution in [0.2, 0.25) is 0 Å². The van der Waals surface area contributed by atoms with Crippen LogP contribution in [-0.4, -0.2) is 59.6 Å². The van der Waals surface area contributed by atoms with Gasteiger partial charge in [-0.2, -0.15) is 18.3 Å². The summed E-state index contributed by atoms with van der Waals surface area (Å²) in [7, 11) is 1.83. The molecule has 1 aliphatic heterocycles. The van der Waals surface area contributed by atoms with E-state index in [0.717, 1.165) is 5.56 Å². The number of carbonyl (C=O) groups is 1. The lowest BCUT2D eigenvalue weighted by Crippen LogP contribution is -2.40. The zero-order chi connectivity index (χ0) is 16.9. The Morgan fingerprint density at radius 2 is 2.22 bits per heavy atom. The molecule has 0 spiro atoms. The molecule has 1 aromatic heterocycles. The van der Waals surface area contributed by atoms with Gasteiger partial charge in [0.2, 0.25) is 0 Å². The van der Waals surface area contributed by atoms with Gasteiger partial charge in [-0.25, -0.2) is 4.79 Å². The number of nitrogens with one attached hydrogen (secondary N) is 2. The van der Waals surface area contributed by atoms with E-state index in [-0.39, 0.29) is 11.9 Å². The van der Waals surface area contributed by atoms with Crippen molar-refractivity contribution in [3.8, 4) is 0 Å². The molecule has 23 heavy (non-hydrogen) atoms. The van der Waals surface area contributed by atoms with Gasteiger partial charge in [-0.05, 0) is 30.9 Å². The highest BCUT2D eigenvalue weighted by Gasteiger charge is 2.34. The average Bonchev–Trinajstić information content (AvgIpc) is 3.04. The minimum absolute atomic E-state index is 0.0708. The number of nitrogens with zero attached hydrogens (tertiary/aromatic N) is 3. The second kappa shape index (κ2) is 7.67. The van der Waals surface area contributed by atoms with Gasteiger partial charge in [-0.3, -0.25) is 9.58 Å². The minimum Gasteiger partial charge on any atom is -0.338 e. The first-order chi connectivity index (χ1) is 10.8. The molecule has 130 valence electrons. The molecular weight excluding hydrogens is 311 g/mol. The predicted octanol–water partition coefficient (Wildman–Crippen LogP) is 1.15. The van der Waals surface area contributed by atoms with Crippen LogP contribution in [-0.2, 0) is 13.5 Å². The number of halogens is 3. The maximum Gasteiger partial charge on any atom is 0.401 e. The molecule has 1 atom stereocenters. The molecule has 2 N–H and O–H groups in total. The zero-order valence-corrected chi connectivity index (χ0v) is 13.1. The molecule has 0 aromatic carbocycles. The highest BCUT2D eigenvalue weighted by atomic mass is 19.4. The fraction of sp³-hybridized carbons (Fsp3) is 0.714. The molecule has 0 bridgehead atoms. The van der Waals surface area contributed by atoms with Crippen molar-refractivity contribution in [1.82, 2.24) is 25.3 Å². The predicted molar refractivity (Wildman–Crippen MR) is 78.9 cm³/mol. The normalized spacial score (nSPS) is 19.0. The fourth-order valence-corrected chi connectivity index (χ4v) is 2.70. The number of urea groups is 1. The second-order valence-electron chi connectivity index (χ2n) is 5.91. The minimum atomic E-state index is -4.16. The van der Waals surface area contributed by atoms with Gasteiger partial charge >= 0.3 is 12.2 Å². The number of hydrogen-bond acceptors (Lipinski definition) is 3.